The number of benzene rings is 2. The maximum atomic E-state index is 12.3. The summed E-state index contributed by atoms with van der Waals surface area (Å²) in [6.45, 7) is 2.13. The van der Waals surface area contributed by atoms with E-state index in [9.17, 15) is 4.79 Å². The van der Waals surface area contributed by atoms with Crippen molar-refractivity contribution in [3.8, 4) is 0 Å². The molecule has 0 saturated carbocycles. The summed E-state index contributed by atoms with van der Waals surface area (Å²) in [6.07, 6.45) is 2.04. The van der Waals surface area contributed by atoms with E-state index >= 15 is 0 Å². The van der Waals surface area contributed by atoms with Crippen LogP contribution in [0.1, 0.15) is 28.7 Å². The second-order valence-corrected chi connectivity index (χ2v) is 7.08. The van der Waals surface area contributed by atoms with Crippen molar-refractivity contribution in [2.45, 2.75) is 19.8 Å². The van der Waals surface area contributed by atoms with Crippen LogP contribution in [0.15, 0.2) is 36.4 Å². The summed E-state index contributed by atoms with van der Waals surface area (Å²) in [6, 6.07) is 10.5. The van der Waals surface area contributed by atoms with Gasteiger partial charge in [-0.2, -0.15) is 0 Å². The Labute approximate surface area is 148 Å². The summed E-state index contributed by atoms with van der Waals surface area (Å²) in [7, 11) is 0. The van der Waals surface area contributed by atoms with Crippen LogP contribution >= 0.6 is 34.5 Å². The molecule has 0 aliphatic carbocycles. The summed E-state index contributed by atoms with van der Waals surface area (Å²) >= 11 is 13.6. The normalized spacial score (nSPS) is 10.9. The molecule has 1 N–H and O–H groups in total. The molecule has 1 heterocycles. The van der Waals surface area contributed by atoms with Crippen molar-refractivity contribution in [3.05, 3.63) is 57.0 Å². The molecular formula is C17H14Cl2N2OS. The van der Waals surface area contributed by atoms with E-state index in [2.05, 4.69) is 17.2 Å². The Hall–Kier alpha value is -1.62. The van der Waals surface area contributed by atoms with Crippen molar-refractivity contribution < 1.29 is 4.79 Å². The fourth-order valence-electron chi connectivity index (χ4n) is 2.24. The molecule has 0 spiro atoms. The maximum absolute atomic E-state index is 12.3. The number of hydrogen-bond acceptors (Lipinski definition) is 3. The van der Waals surface area contributed by atoms with Gasteiger partial charge < -0.3 is 5.32 Å². The summed E-state index contributed by atoms with van der Waals surface area (Å²) in [5, 5.41) is 4.82. The largest absolute Gasteiger partial charge is 0.322 e. The van der Waals surface area contributed by atoms with E-state index in [0.717, 1.165) is 33.8 Å². The van der Waals surface area contributed by atoms with Gasteiger partial charge in [0.05, 0.1) is 25.8 Å². The van der Waals surface area contributed by atoms with Crippen LogP contribution in [-0.2, 0) is 6.42 Å². The second-order valence-electron chi connectivity index (χ2n) is 5.12. The molecule has 0 saturated heterocycles. The number of rotatable bonds is 4. The molecule has 2 aromatic carbocycles. The van der Waals surface area contributed by atoms with E-state index in [-0.39, 0.29) is 5.91 Å². The fourth-order valence-corrected chi connectivity index (χ4v) is 3.85. The zero-order valence-electron chi connectivity index (χ0n) is 12.4. The number of hydrogen-bond donors (Lipinski definition) is 1. The molecule has 0 fully saturated rings. The van der Waals surface area contributed by atoms with Gasteiger partial charge in [0.1, 0.15) is 0 Å². The molecule has 1 amide bonds. The molecular weight excluding hydrogens is 351 g/mol. The Morgan fingerprint density at radius 2 is 2.04 bits per heavy atom. The van der Waals surface area contributed by atoms with E-state index in [4.69, 9.17) is 23.2 Å². The molecule has 3 nitrogen and oxygen atoms in total. The Balaban J connectivity index is 1.84. The van der Waals surface area contributed by atoms with E-state index in [1.165, 1.54) is 0 Å². The predicted molar refractivity (Wildman–Crippen MR) is 98.0 cm³/mol. The van der Waals surface area contributed by atoms with Crippen molar-refractivity contribution >= 4 is 56.3 Å². The van der Waals surface area contributed by atoms with Crippen LogP contribution < -0.4 is 5.32 Å². The molecule has 3 aromatic rings. The van der Waals surface area contributed by atoms with Gasteiger partial charge in [-0.1, -0.05) is 30.1 Å². The van der Waals surface area contributed by atoms with E-state index in [1.54, 1.807) is 29.5 Å². The molecule has 0 bridgehead atoms. The van der Waals surface area contributed by atoms with Gasteiger partial charge in [0.15, 0.2) is 0 Å². The van der Waals surface area contributed by atoms with E-state index in [0.29, 0.717) is 15.6 Å². The number of thiazole rings is 1. The molecule has 0 unspecified atom stereocenters. The number of aromatic nitrogens is 1. The first-order chi connectivity index (χ1) is 11.1. The highest BCUT2D eigenvalue weighted by molar-refractivity contribution is 7.18. The summed E-state index contributed by atoms with van der Waals surface area (Å²) in [4.78, 5) is 16.9. The van der Waals surface area contributed by atoms with E-state index in [1.807, 2.05) is 18.2 Å². The predicted octanol–water partition coefficient (Wildman–Crippen LogP) is 5.81. The number of fused-ring (bicyclic) bond motifs is 1. The van der Waals surface area contributed by atoms with Crippen molar-refractivity contribution in [2.75, 3.05) is 5.32 Å². The lowest BCUT2D eigenvalue weighted by molar-refractivity contribution is 0.102. The first kappa shape index (κ1) is 16.2. The molecule has 118 valence electrons. The van der Waals surface area contributed by atoms with Gasteiger partial charge in [-0.15, -0.1) is 11.3 Å². The zero-order valence-corrected chi connectivity index (χ0v) is 14.7. The van der Waals surface area contributed by atoms with Crippen LogP contribution in [-0.4, -0.2) is 10.9 Å². The van der Waals surface area contributed by atoms with Crippen molar-refractivity contribution in [2.24, 2.45) is 0 Å². The lowest BCUT2D eigenvalue weighted by Gasteiger charge is -2.07. The minimum Gasteiger partial charge on any atom is -0.322 e. The molecule has 0 aliphatic heterocycles. The number of anilines is 1. The molecule has 3 rings (SSSR count). The van der Waals surface area contributed by atoms with Gasteiger partial charge in [0.2, 0.25) is 0 Å². The third kappa shape index (κ3) is 3.66. The molecule has 23 heavy (non-hydrogen) atoms. The van der Waals surface area contributed by atoms with Crippen LogP contribution in [0.5, 0.6) is 0 Å². The monoisotopic (exact) mass is 364 g/mol. The Bertz CT molecular complexity index is 876. The molecule has 0 atom stereocenters. The standard InChI is InChI=1S/C17H14Cl2N2OS/c1-2-3-16-21-14-7-5-11(9-15(14)23-16)20-17(22)12-6-4-10(18)8-13(12)19/h4-9H,2-3H2,1H3,(H,20,22). The van der Waals surface area contributed by atoms with Crippen molar-refractivity contribution in [3.63, 3.8) is 0 Å². The quantitative estimate of drug-likeness (QED) is 0.634. The first-order valence-electron chi connectivity index (χ1n) is 7.22. The first-order valence-corrected chi connectivity index (χ1v) is 8.80. The maximum Gasteiger partial charge on any atom is 0.257 e. The fraction of sp³-hybridized carbons (Fsp3) is 0.176. The Morgan fingerprint density at radius 3 is 2.78 bits per heavy atom. The number of aryl methyl sites for hydroxylation is 1. The average Bonchev–Trinajstić information content (AvgIpc) is 2.89. The molecule has 6 heteroatoms. The highest BCUT2D eigenvalue weighted by Gasteiger charge is 2.12. The topological polar surface area (TPSA) is 42.0 Å². The number of carbonyl (C=O) groups is 1. The zero-order chi connectivity index (χ0) is 16.4. The highest BCUT2D eigenvalue weighted by Crippen LogP contribution is 2.27. The Morgan fingerprint density at radius 1 is 1.22 bits per heavy atom. The average molecular weight is 365 g/mol. The van der Waals surface area contributed by atoms with Crippen molar-refractivity contribution in [1.29, 1.82) is 0 Å². The number of halogens is 2. The van der Waals surface area contributed by atoms with Gasteiger partial charge in [0.25, 0.3) is 5.91 Å². The summed E-state index contributed by atoms with van der Waals surface area (Å²) in [5.41, 5.74) is 2.08. The van der Waals surface area contributed by atoms with Gasteiger partial charge in [0, 0.05) is 10.7 Å². The minimum atomic E-state index is -0.260. The van der Waals surface area contributed by atoms with Gasteiger partial charge in [-0.3, -0.25) is 4.79 Å². The van der Waals surface area contributed by atoms with Crippen LogP contribution in [0.3, 0.4) is 0 Å². The highest BCUT2D eigenvalue weighted by atomic mass is 35.5. The van der Waals surface area contributed by atoms with Crippen LogP contribution in [0.4, 0.5) is 5.69 Å². The van der Waals surface area contributed by atoms with Gasteiger partial charge >= 0.3 is 0 Å². The van der Waals surface area contributed by atoms with Crippen LogP contribution in [0.25, 0.3) is 10.2 Å². The lowest BCUT2D eigenvalue weighted by Crippen LogP contribution is -2.12. The number of carbonyl (C=O) groups excluding carboxylic acids is 1. The molecule has 1 aromatic heterocycles. The van der Waals surface area contributed by atoms with Crippen LogP contribution in [0.2, 0.25) is 10.0 Å². The Kier molecular flexibility index (Phi) is 4.85. The van der Waals surface area contributed by atoms with Gasteiger partial charge in [-0.05, 0) is 49.2 Å². The smallest absolute Gasteiger partial charge is 0.257 e. The summed E-state index contributed by atoms with van der Waals surface area (Å²) in [5.74, 6) is -0.260. The molecule has 0 aliphatic rings. The minimum absolute atomic E-state index is 0.260. The SMILES string of the molecule is CCCc1nc2ccc(NC(=O)c3ccc(Cl)cc3Cl)cc2s1. The number of nitrogens with one attached hydrogen (secondary N) is 1. The van der Waals surface area contributed by atoms with Gasteiger partial charge in [-0.25, -0.2) is 4.98 Å². The summed E-state index contributed by atoms with van der Waals surface area (Å²) < 4.78 is 1.06. The third-order valence-corrected chi connectivity index (χ3v) is 4.96. The third-order valence-electron chi connectivity index (χ3n) is 3.33. The van der Waals surface area contributed by atoms with E-state index < -0.39 is 0 Å². The van der Waals surface area contributed by atoms with Crippen molar-refractivity contribution in [1.82, 2.24) is 4.98 Å². The number of nitrogens with zero attached hydrogens (tertiary/aromatic N) is 1. The molecule has 0 radical (unpaired) electrons. The second kappa shape index (κ2) is 6.87. The lowest BCUT2D eigenvalue weighted by atomic mass is 10.2. The van der Waals surface area contributed by atoms with Crippen LogP contribution in [0, 0.1) is 0 Å². The number of amides is 1.